The van der Waals surface area contributed by atoms with Crippen LogP contribution < -0.4 is 10.9 Å². The Balaban J connectivity index is 2.42. The van der Waals surface area contributed by atoms with Gasteiger partial charge < -0.3 is 15.5 Å². The van der Waals surface area contributed by atoms with Gasteiger partial charge in [-0.1, -0.05) is 17.7 Å². The first-order valence-electron chi connectivity index (χ1n) is 7.37. The minimum absolute atomic E-state index is 0.0417. The third-order valence-corrected chi connectivity index (χ3v) is 4.30. The number of hydrogen-bond donors (Lipinski definition) is 3. The lowest BCUT2D eigenvalue weighted by atomic mass is 10.0. The van der Waals surface area contributed by atoms with Gasteiger partial charge in [0, 0.05) is 22.8 Å². The van der Waals surface area contributed by atoms with E-state index in [9.17, 15) is 15.2 Å². The van der Waals surface area contributed by atoms with E-state index in [0.29, 0.717) is 16.1 Å². The van der Waals surface area contributed by atoms with Crippen molar-refractivity contribution in [3.8, 4) is 11.9 Å². The van der Waals surface area contributed by atoms with Crippen molar-refractivity contribution < 1.29 is 10.2 Å². The predicted octanol–water partition coefficient (Wildman–Crippen LogP) is 2.30. The highest BCUT2D eigenvalue weighted by Gasteiger charge is 2.18. The van der Waals surface area contributed by atoms with E-state index >= 15 is 0 Å². The molecule has 0 fully saturated rings. The largest absolute Gasteiger partial charge is 0.494 e. The summed E-state index contributed by atoms with van der Waals surface area (Å²) in [4.78, 5) is 12.2. The molecule has 6 nitrogen and oxygen atoms in total. The van der Waals surface area contributed by atoms with Crippen molar-refractivity contribution in [2.75, 3.05) is 11.9 Å². The Morgan fingerprint density at radius 2 is 2.08 bits per heavy atom. The molecule has 0 saturated carbocycles. The molecule has 126 valence electrons. The molecule has 0 unspecified atom stereocenters. The number of halogens is 1. The monoisotopic (exact) mass is 347 g/mol. The average Bonchev–Trinajstić information content (AvgIpc) is 2.55. The van der Waals surface area contributed by atoms with E-state index in [-0.39, 0.29) is 31.1 Å². The molecule has 2 rings (SSSR count). The highest BCUT2D eigenvalue weighted by molar-refractivity contribution is 6.31. The molecule has 0 amide bonds. The molecule has 0 aliphatic heterocycles. The molecular formula is C17H18ClN3O3. The number of hydrogen-bond acceptors (Lipinski definition) is 5. The van der Waals surface area contributed by atoms with Gasteiger partial charge in [0.15, 0.2) is 5.88 Å². The van der Waals surface area contributed by atoms with Gasteiger partial charge in [-0.25, -0.2) is 0 Å². The molecule has 3 N–H and O–H groups in total. The van der Waals surface area contributed by atoms with Crippen molar-refractivity contribution in [3.63, 3.8) is 0 Å². The van der Waals surface area contributed by atoms with E-state index in [0.717, 1.165) is 15.8 Å². The van der Waals surface area contributed by atoms with Crippen LogP contribution in [0.15, 0.2) is 23.0 Å². The number of aromatic hydroxyl groups is 1. The number of aliphatic hydroxyl groups is 1. The Morgan fingerprint density at radius 3 is 2.67 bits per heavy atom. The van der Waals surface area contributed by atoms with Crippen LogP contribution in [0.4, 0.5) is 5.69 Å². The minimum Gasteiger partial charge on any atom is -0.494 e. The number of nitriles is 1. The van der Waals surface area contributed by atoms with Crippen molar-refractivity contribution in [3.05, 3.63) is 55.8 Å². The van der Waals surface area contributed by atoms with E-state index < -0.39 is 5.56 Å². The zero-order chi connectivity index (χ0) is 17.9. The van der Waals surface area contributed by atoms with Crippen LogP contribution in [0.1, 0.15) is 22.3 Å². The Hall–Kier alpha value is -2.49. The number of nitrogens with zero attached hydrogens (tertiary/aromatic N) is 2. The first-order chi connectivity index (χ1) is 11.4. The Morgan fingerprint density at radius 1 is 1.38 bits per heavy atom. The van der Waals surface area contributed by atoms with Gasteiger partial charge in [0.2, 0.25) is 0 Å². The van der Waals surface area contributed by atoms with Crippen LogP contribution in [0.25, 0.3) is 0 Å². The van der Waals surface area contributed by atoms with Gasteiger partial charge in [-0.15, -0.1) is 0 Å². The van der Waals surface area contributed by atoms with Gasteiger partial charge >= 0.3 is 0 Å². The molecule has 1 aromatic carbocycles. The van der Waals surface area contributed by atoms with Gasteiger partial charge in [-0.3, -0.25) is 9.36 Å². The highest BCUT2D eigenvalue weighted by Crippen LogP contribution is 2.24. The lowest BCUT2D eigenvalue weighted by Crippen LogP contribution is -2.27. The van der Waals surface area contributed by atoms with Crippen molar-refractivity contribution in [2.24, 2.45) is 0 Å². The second kappa shape index (κ2) is 7.39. The molecule has 0 spiro atoms. The van der Waals surface area contributed by atoms with Gasteiger partial charge in [0.25, 0.3) is 5.56 Å². The Kier molecular flexibility index (Phi) is 5.50. The first-order valence-corrected chi connectivity index (χ1v) is 7.74. The van der Waals surface area contributed by atoms with Crippen LogP contribution in [-0.4, -0.2) is 21.4 Å². The van der Waals surface area contributed by atoms with Crippen LogP contribution in [0.5, 0.6) is 5.88 Å². The molecule has 1 heterocycles. The van der Waals surface area contributed by atoms with Gasteiger partial charge in [-0.05, 0) is 37.1 Å². The smallest absolute Gasteiger partial charge is 0.271 e. The van der Waals surface area contributed by atoms with E-state index in [4.69, 9.17) is 16.7 Å². The summed E-state index contributed by atoms with van der Waals surface area (Å²) >= 11 is 6.09. The molecule has 0 aliphatic rings. The topological polar surface area (TPSA) is 98.3 Å². The minimum atomic E-state index is -0.608. The molecule has 1 aromatic heterocycles. The standard InChI is InChI=1S/C17H18ClN3O3/c1-10-3-4-12(7-15(10)18)20-9-14-11(2)13(8-19)16(23)21(5-6-22)17(14)24/h3-4,7,20,22,24H,5-6,9H2,1-2H3. The zero-order valence-electron chi connectivity index (χ0n) is 13.4. The number of pyridine rings is 1. The second-order valence-electron chi connectivity index (χ2n) is 5.41. The van der Waals surface area contributed by atoms with Crippen LogP contribution >= 0.6 is 11.6 Å². The van der Waals surface area contributed by atoms with Gasteiger partial charge in [0.05, 0.1) is 13.2 Å². The van der Waals surface area contributed by atoms with Crippen LogP contribution in [0, 0.1) is 25.2 Å². The van der Waals surface area contributed by atoms with E-state index in [1.807, 2.05) is 25.1 Å². The summed E-state index contributed by atoms with van der Waals surface area (Å²) < 4.78 is 1.00. The summed E-state index contributed by atoms with van der Waals surface area (Å²) in [6.07, 6.45) is 0. The third-order valence-electron chi connectivity index (χ3n) is 3.89. The highest BCUT2D eigenvalue weighted by atomic mass is 35.5. The number of rotatable bonds is 5. The maximum Gasteiger partial charge on any atom is 0.271 e. The SMILES string of the molecule is Cc1ccc(NCc2c(C)c(C#N)c(=O)n(CCO)c2O)cc1Cl. The number of aryl methyl sites for hydroxylation is 1. The molecule has 2 aromatic rings. The molecule has 0 radical (unpaired) electrons. The van der Waals surface area contributed by atoms with Crippen LogP contribution in [0.2, 0.25) is 5.02 Å². The Labute approximate surface area is 144 Å². The predicted molar refractivity (Wildman–Crippen MR) is 92.4 cm³/mol. The van der Waals surface area contributed by atoms with Crippen molar-refractivity contribution in [2.45, 2.75) is 26.9 Å². The number of aliphatic hydroxyl groups excluding tert-OH is 1. The fourth-order valence-electron chi connectivity index (χ4n) is 2.42. The second-order valence-corrected chi connectivity index (χ2v) is 5.82. The number of aromatic nitrogens is 1. The maximum atomic E-state index is 12.2. The molecular weight excluding hydrogens is 330 g/mol. The summed E-state index contributed by atoms with van der Waals surface area (Å²) in [5.41, 5.74) is 1.90. The van der Waals surface area contributed by atoms with Crippen molar-refractivity contribution in [1.29, 1.82) is 5.26 Å². The lowest BCUT2D eigenvalue weighted by molar-refractivity contribution is 0.263. The maximum absolute atomic E-state index is 12.2. The fraction of sp³-hybridized carbons (Fsp3) is 0.294. The van der Waals surface area contributed by atoms with Crippen molar-refractivity contribution in [1.82, 2.24) is 4.57 Å². The first kappa shape index (κ1) is 17.9. The quantitative estimate of drug-likeness (QED) is 0.771. The number of benzene rings is 1. The molecule has 0 aliphatic carbocycles. The van der Waals surface area contributed by atoms with Gasteiger partial charge in [0.1, 0.15) is 11.6 Å². The summed E-state index contributed by atoms with van der Waals surface area (Å²) in [5, 5.41) is 32.4. The van der Waals surface area contributed by atoms with E-state index in [1.165, 1.54) is 0 Å². The van der Waals surface area contributed by atoms with E-state index in [2.05, 4.69) is 5.32 Å². The molecule has 0 atom stereocenters. The third kappa shape index (κ3) is 3.37. The number of nitrogens with one attached hydrogen (secondary N) is 1. The molecule has 0 saturated heterocycles. The zero-order valence-corrected chi connectivity index (χ0v) is 14.2. The normalized spacial score (nSPS) is 10.5. The fourth-order valence-corrected chi connectivity index (χ4v) is 2.60. The summed E-state index contributed by atoms with van der Waals surface area (Å²) in [7, 11) is 0. The molecule has 7 heteroatoms. The number of anilines is 1. The van der Waals surface area contributed by atoms with Gasteiger partial charge in [-0.2, -0.15) is 5.26 Å². The molecule has 24 heavy (non-hydrogen) atoms. The lowest BCUT2D eigenvalue weighted by Gasteiger charge is -2.16. The summed E-state index contributed by atoms with van der Waals surface area (Å²) in [5.74, 6) is -0.253. The van der Waals surface area contributed by atoms with Crippen LogP contribution in [0.3, 0.4) is 0 Å². The summed E-state index contributed by atoms with van der Waals surface area (Å²) in [6.45, 7) is 3.32. The summed E-state index contributed by atoms with van der Waals surface area (Å²) in [6, 6.07) is 7.35. The average molecular weight is 348 g/mol. The Bertz CT molecular complexity index is 869. The van der Waals surface area contributed by atoms with E-state index in [1.54, 1.807) is 13.0 Å². The van der Waals surface area contributed by atoms with Crippen molar-refractivity contribution >= 4 is 17.3 Å². The van der Waals surface area contributed by atoms with Crippen LogP contribution in [-0.2, 0) is 13.1 Å². The molecule has 0 bridgehead atoms.